The summed E-state index contributed by atoms with van der Waals surface area (Å²) in [5.41, 5.74) is 2.82. The molecule has 3 nitrogen and oxygen atoms in total. The number of carbonyl (C=O) groups excluding carboxylic acids is 1. The van der Waals surface area contributed by atoms with Crippen molar-refractivity contribution in [3.63, 3.8) is 0 Å². The zero-order valence-corrected chi connectivity index (χ0v) is 17.2. The Bertz CT molecular complexity index is 735. The molecule has 0 aliphatic carbocycles. The number of fused-ring (bicyclic) bond motifs is 1. The van der Waals surface area contributed by atoms with Crippen LogP contribution in [0.2, 0.25) is 5.02 Å². The highest BCUT2D eigenvalue weighted by Gasteiger charge is 2.15. The van der Waals surface area contributed by atoms with Crippen LogP contribution in [0.25, 0.3) is 0 Å². The molecule has 144 valence electrons. The first-order chi connectivity index (χ1) is 13.2. The Kier molecular flexibility index (Phi) is 7.91. The second-order valence-electron chi connectivity index (χ2n) is 6.83. The Morgan fingerprint density at radius 2 is 1.93 bits per heavy atom. The van der Waals surface area contributed by atoms with Crippen LogP contribution in [0.1, 0.15) is 31.2 Å². The molecule has 0 unspecified atom stereocenters. The van der Waals surface area contributed by atoms with Crippen molar-refractivity contribution in [2.75, 3.05) is 30.3 Å². The van der Waals surface area contributed by atoms with E-state index < -0.39 is 0 Å². The highest BCUT2D eigenvalue weighted by atomic mass is 35.5. The number of hydrogen-bond donors (Lipinski definition) is 1. The van der Waals surface area contributed by atoms with Gasteiger partial charge in [-0.25, -0.2) is 0 Å². The van der Waals surface area contributed by atoms with E-state index in [1.807, 2.05) is 24.3 Å². The van der Waals surface area contributed by atoms with Crippen LogP contribution in [0.5, 0.6) is 0 Å². The molecule has 1 N–H and O–H groups in total. The molecule has 1 amide bonds. The normalized spacial score (nSPS) is 13.3. The van der Waals surface area contributed by atoms with Gasteiger partial charge in [0.15, 0.2) is 0 Å². The topological polar surface area (TPSA) is 32.3 Å². The Balaban J connectivity index is 1.27. The summed E-state index contributed by atoms with van der Waals surface area (Å²) >= 11 is 7.65. The van der Waals surface area contributed by atoms with Gasteiger partial charge in [0, 0.05) is 41.7 Å². The van der Waals surface area contributed by atoms with Crippen LogP contribution in [0.4, 0.5) is 5.69 Å². The number of aryl methyl sites for hydroxylation is 1. The molecule has 0 saturated heterocycles. The maximum absolute atomic E-state index is 12.0. The number of anilines is 1. The summed E-state index contributed by atoms with van der Waals surface area (Å²) in [6, 6.07) is 16.5. The molecule has 2 aromatic carbocycles. The first-order valence-electron chi connectivity index (χ1n) is 9.70. The minimum Gasteiger partial charge on any atom is -0.371 e. The largest absolute Gasteiger partial charge is 0.371 e. The predicted molar refractivity (Wildman–Crippen MR) is 116 cm³/mol. The molecule has 1 aliphatic heterocycles. The van der Waals surface area contributed by atoms with Crippen LogP contribution < -0.4 is 10.2 Å². The lowest BCUT2D eigenvalue weighted by atomic mass is 10.0. The van der Waals surface area contributed by atoms with Crippen LogP contribution in [0.3, 0.4) is 0 Å². The number of nitrogens with one attached hydrogen (secondary N) is 1. The van der Waals surface area contributed by atoms with Gasteiger partial charge in [-0.1, -0.05) is 29.8 Å². The van der Waals surface area contributed by atoms with E-state index in [0.717, 1.165) is 43.3 Å². The molecule has 5 heteroatoms. The molecule has 0 radical (unpaired) electrons. The summed E-state index contributed by atoms with van der Waals surface area (Å²) in [6.07, 6.45) is 4.86. The predicted octanol–water partition coefficient (Wildman–Crippen LogP) is 5.17. The van der Waals surface area contributed by atoms with Crippen molar-refractivity contribution >= 4 is 35.0 Å². The van der Waals surface area contributed by atoms with Gasteiger partial charge in [0.1, 0.15) is 0 Å². The highest BCUT2D eigenvalue weighted by Crippen LogP contribution is 2.26. The van der Waals surface area contributed by atoms with E-state index in [-0.39, 0.29) is 5.91 Å². The Morgan fingerprint density at radius 1 is 1.11 bits per heavy atom. The minimum atomic E-state index is 0.158. The van der Waals surface area contributed by atoms with Gasteiger partial charge in [0.25, 0.3) is 0 Å². The number of rotatable bonds is 9. The first kappa shape index (κ1) is 20.1. The molecule has 1 aliphatic rings. The van der Waals surface area contributed by atoms with E-state index in [1.54, 1.807) is 11.8 Å². The molecule has 0 saturated carbocycles. The Labute approximate surface area is 171 Å². The highest BCUT2D eigenvalue weighted by molar-refractivity contribution is 7.99. The monoisotopic (exact) mass is 402 g/mol. The Hall–Kier alpha value is -1.65. The van der Waals surface area contributed by atoms with Gasteiger partial charge in [0.2, 0.25) is 5.91 Å². The number of benzene rings is 2. The van der Waals surface area contributed by atoms with Gasteiger partial charge < -0.3 is 10.2 Å². The van der Waals surface area contributed by atoms with Crippen molar-refractivity contribution in [1.82, 2.24) is 5.32 Å². The van der Waals surface area contributed by atoms with Crippen molar-refractivity contribution in [3.8, 4) is 0 Å². The fourth-order valence-electron chi connectivity index (χ4n) is 3.38. The van der Waals surface area contributed by atoms with E-state index in [0.29, 0.717) is 6.42 Å². The van der Waals surface area contributed by atoms with Crippen LogP contribution in [0.15, 0.2) is 53.4 Å². The number of nitrogens with zero attached hydrogens (tertiary/aromatic N) is 1. The smallest absolute Gasteiger partial charge is 0.220 e. The number of halogens is 1. The summed E-state index contributed by atoms with van der Waals surface area (Å²) in [7, 11) is 0. The third kappa shape index (κ3) is 6.47. The van der Waals surface area contributed by atoms with E-state index in [2.05, 4.69) is 34.5 Å². The van der Waals surface area contributed by atoms with Crippen LogP contribution in [-0.4, -0.2) is 31.3 Å². The van der Waals surface area contributed by atoms with E-state index in [1.165, 1.54) is 29.0 Å². The molecule has 0 aromatic heterocycles. The molecule has 0 atom stereocenters. The van der Waals surface area contributed by atoms with E-state index in [4.69, 9.17) is 11.6 Å². The van der Waals surface area contributed by atoms with Crippen molar-refractivity contribution in [2.24, 2.45) is 0 Å². The quantitative estimate of drug-likeness (QED) is 0.463. The molecule has 27 heavy (non-hydrogen) atoms. The first-order valence-corrected chi connectivity index (χ1v) is 11.1. The second-order valence-corrected chi connectivity index (χ2v) is 8.43. The average molecular weight is 403 g/mol. The number of thioether (sulfide) groups is 1. The lowest BCUT2D eigenvalue weighted by molar-refractivity contribution is -0.121. The van der Waals surface area contributed by atoms with E-state index >= 15 is 0 Å². The van der Waals surface area contributed by atoms with Gasteiger partial charge in [-0.05, 0) is 67.3 Å². The fourth-order valence-corrected chi connectivity index (χ4v) is 4.36. The molecule has 2 aromatic rings. The molecular formula is C22H27ClN2OS. The summed E-state index contributed by atoms with van der Waals surface area (Å²) in [4.78, 5) is 15.6. The van der Waals surface area contributed by atoms with Crippen molar-refractivity contribution in [1.29, 1.82) is 0 Å². The number of amides is 1. The molecule has 1 heterocycles. The van der Waals surface area contributed by atoms with Gasteiger partial charge >= 0.3 is 0 Å². The summed E-state index contributed by atoms with van der Waals surface area (Å²) < 4.78 is 0. The maximum Gasteiger partial charge on any atom is 0.220 e. The number of para-hydroxylation sites is 1. The van der Waals surface area contributed by atoms with Crippen molar-refractivity contribution in [3.05, 3.63) is 59.1 Å². The summed E-state index contributed by atoms with van der Waals surface area (Å²) in [5.74, 6) is 1.10. The summed E-state index contributed by atoms with van der Waals surface area (Å²) in [5, 5.41) is 3.82. The average Bonchev–Trinajstić information content (AvgIpc) is 2.70. The zero-order chi connectivity index (χ0) is 18.9. The summed E-state index contributed by atoms with van der Waals surface area (Å²) in [6.45, 7) is 2.87. The van der Waals surface area contributed by atoms with Crippen LogP contribution in [-0.2, 0) is 11.2 Å². The maximum atomic E-state index is 12.0. The van der Waals surface area contributed by atoms with Crippen molar-refractivity contribution in [2.45, 2.75) is 37.0 Å². The Morgan fingerprint density at radius 3 is 2.78 bits per heavy atom. The number of hydrogen-bond acceptors (Lipinski definition) is 3. The minimum absolute atomic E-state index is 0.158. The van der Waals surface area contributed by atoms with Gasteiger partial charge in [-0.2, -0.15) is 0 Å². The molecule has 0 bridgehead atoms. The fraction of sp³-hybridized carbons (Fsp3) is 0.409. The molecular weight excluding hydrogens is 376 g/mol. The van der Waals surface area contributed by atoms with Gasteiger partial charge in [-0.3, -0.25) is 4.79 Å². The van der Waals surface area contributed by atoms with E-state index in [9.17, 15) is 4.79 Å². The lowest BCUT2D eigenvalue weighted by Crippen LogP contribution is -2.33. The third-order valence-electron chi connectivity index (χ3n) is 4.76. The van der Waals surface area contributed by atoms with Crippen molar-refractivity contribution < 1.29 is 4.79 Å². The third-order valence-corrected chi connectivity index (χ3v) is 6.11. The zero-order valence-electron chi connectivity index (χ0n) is 15.6. The SMILES string of the molecule is O=C(CCCSc1ccc(Cl)cc1)NCCCN1CCCc2ccccc21. The van der Waals surface area contributed by atoms with Crippen LogP contribution >= 0.6 is 23.4 Å². The molecule has 0 spiro atoms. The van der Waals surface area contributed by atoms with Crippen LogP contribution in [0, 0.1) is 0 Å². The van der Waals surface area contributed by atoms with Gasteiger partial charge in [-0.15, -0.1) is 11.8 Å². The lowest BCUT2D eigenvalue weighted by Gasteiger charge is -2.31. The molecule has 3 rings (SSSR count). The van der Waals surface area contributed by atoms with Gasteiger partial charge in [0.05, 0.1) is 0 Å². The second kappa shape index (κ2) is 10.6. The number of carbonyl (C=O) groups is 1. The molecule has 0 fully saturated rings. The standard InChI is InChI=1S/C22H27ClN2OS/c23-19-10-12-20(13-11-19)27-17-4-9-22(26)24-14-5-16-25-15-3-7-18-6-1-2-8-21(18)25/h1-2,6,8,10-13H,3-5,7,9,14-17H2,(H,24,26).